The van der Waals surface area contributed by atoms with Gasteiger partial charge in [0.05, 0.1) is 12.0 Å². The van der Waals surface area contributed by atoms with Crippen molar-refractivity contribution in [1.82, 2.24) is 0 Å². The van der Waals surface area contributed by atoms with E-state index in [4.69, 9.17) is 9.47 Å². The maximum absolute atomic E-state index is 11.7. The van der Waals surface area contributed by atoms with Crippen molar-refractivity contribution in [1.29, 1.82) is 0 Å². The van der Waals surface area contributed by atoms with Crippen LogP contribution in [0.2, 0.25) is 0 Å². The first kappa shape index (κ1) is 16.1. The van der Waals surface area contributed by atoms with E-state index in [1.54, 1.807) is 6.92 Å². The van der Waals surface area contributed by atoms with Gasteiger partial charge in [-0.1, -0.05) is 20.3 Å². The van der Waals surface area contributed by atoms with Gasteiger partial charge >= 0.3 is 11.9 Å². The van der Waals surface area contributed by atoms with Crippen molar-refractivity contribution < 1.29 is 29.0 Å². The molecule has 1 aliphatic rings. The van der Waals surface area contributed by atoms with Crippen molar-refractivity contribution in [2.45, 2.75) is 45.9 Å². The number of cyclic esters (lactones) is 2. The number of rotatable bonds is 5. The van der Waals surface area contributed by atoms with Gasteiger partial charge in [-0.2, -0.15) is 0 Å². The van der Waals surface area contributed by atoms with E-state index in [0.717, 1.165) is 6.21 Å². The lowest BCUT2D eigenvalue weighted by Gasteiger charge is -2.31. The van der Waals surface area contributed by atoms with Gasteiger partial charge in [0.15, 0.2) is 5.92 Å². The second-order valence-corrected chi connectivity index (χ2v) is 5.17. The summed E-state index contributed by atoms with van der Waals surface area (Å²) in [7, 11) is 0. The van der Waals surface area contributed by atoms with Crippen LogP contribution in [0.3, 0.4) is 0 Å². The van der Waals surface area contributed by atoms with Gasteiger partial charge in [-0.05, 0) is 5.92 Å². The molecule has 1 saturated heterocycles. The first-order chi connectivity index (χ1) is 9.18. The van der Waals surface area contributed by atoms with E-state index < -0.39 is 35.7 Å². The molecule has 7 heteroatoms. The molecule has 0 radical (unpaired) electrons. The molecule has 0 N–H and O–H groups in total. The van der Waals surface area contributed by atoms with Gasteiger partial charge in [0.2, 0.25) is 0 Å². The maximum Gasteiger partial charge on any atom is 0.329 e. The van der Waals surface area contributed by atoms with Gasteiger partial charge in [0.1, 0.15) is 0 Å². The summed E-state index contributed by atoms with van der Waals surface area (Å²) in [5, 5.41) is 11.0. The first-order valence-corrected chi connectivity index (χ1v) is 6.37. The van der Waals surface area contributed by atoms with Gasteiger partial charge in [-0.3, -0.25) is 14.6 Å². The van der Waals surface area contributed by atoms with Crippen molar-refractivity contribution in [3.05, 3.63) is 0 Å². The van der Waals surface area contributed by atoms with Crippen LogP contribution in [0.25, 0.3) is 0 Å². The highest BCUT2D eigenvalue weighted by atomic mass is 16.7. The molecule has 0 aliphatic carbocycles. The minimum Gasteiger partial charge on any atom is -0.548 e. The van der Waals surface area contributed by atoms with Gasteiger partial charge in [0.25, 0.3) is 5.79 Å². The van der Waals surface area contributed by atoms with E-state index in [0.29, 0.717) is 6.42 Å². The number of esters is 2. The maximum atomic E-state index is 11.7. The lowest BCUT2D eigenvalue weighted by atomic mass is 9.99. The summed E-state index contributed by atoms with van der Waals surface area (Å²) >= 11 is 0. The number of carbonyl (C=O) groups is 3. The smallest absolute Gasteiger partial charge is 0.329 e. The third kappa shape index (κ3) is 3.79. The summed E-state index contributed by atoms with van der Waals surface area (Å²) in [5.74, 6) is -5.90. The summed E-state index contributed by atoms with van der Waals surface area (Å²) in [6, 6.07) is -1.12. The zero-order valence-corrected chi connectivity index (χ0v) is 11.9. The summed E-state index contributed by atoms with van der Waals surface area (Å²) in [6.07, 6.45) is 1.54. The van der Waals surface area contributed by atoms with Crippen molar-refractivity contribution in [2.24, 2.45) is 16.8 Å². The normalized spacial score (nSPS) is 22.2. The van der Waals surface area contributed by atoms with Crippen molar-refractivity contribution in [3.8, 4) is 0 Å². The number of carbonyl (C=O) groups excluding carboxylic acids is 3. The molecule has 20 heavy (non-hydrogen) atoms. The number of aliphatic carboxylic acids is 1. The number of carboxylic acid groups (broad SMARTS) is 1. The Morgan fingerprint density at radius 1 is 1.40 bits per heavy atom. The number of nitrogens with zero attached hydrogens (tertiary/aromatic N) is 1. The molecule has 0 saturated carbocycles. The molecular weight excluding hydrogens is 266 g/mol. The molecule has 0 aromatic rings. The van der Waals surface area contributed by atoms with Crippen LogP contribution >= 0.6 is 0 Å². The highest BCUT2D eigenvalue weighted by molar-refractivity contribution is 6.10. The van der Waals surface area contributed by atoms with E-state index in [1.165, 1.54) is 13.8 Å². The SMILES string of the molecule is CC[C@@H](C)[C@@H](N=CC1C(=O)OC(C)(C)OC1=O)C(=O)[O-]. The molecule has 112 valence electrons. The molecule has 7 nitrogen and oxygen atoms in total. The Hall–Kier alpha value is -1.92. The van der Waals surface area contributed by atoms with Gasteiger partial charge in [-0.25, -0.2) is 0 Å². The summed E-state index contributed by atoms with van der Waals surface area (Å²) in [5.41, 5.74) is 0. The second-order valence-electron chi connectivity index (χ2n) is 5.17. The third-order valence-corrected chi connectivity index (χ3v) is 3.02. The summed E-state index contributed by atoms with van der Waals surface area (Å²) in [4.78, 5) is 38.1. The second kappa shape index (κ2) is 6.02. The predicted octanol–water partition coefficient (Wildman–Crippen LogP) is -0.326. The monoisotopic (exact) mass is 284 g/mol. The molecular formula is C13H18NO6-. The Balaban J connectivity index is 2.85. The number of ether oxygens (including phenoxy) is 2. The van der Waals surface area contributed by atoms with Gasteiger partial charge in [-0.15, -0.1) is 0 Å². The van der Waals surface area contributed by atoms with Crippen molar-refractivity contribution in [3.63, 3.8) is 0 Å². The Bertz CT molecular complexity index is 422. The minimum absolute atomic E-state index is 0.275. The lowest BCUT2D eigenvalue weighted by molar-refractivity contribution is -0.308. The Labute approximate surface area is 117 Å². The molecule has 0 unspecified atom stereocenters. The van der Waals surface area contributed by atoms with E-state index in [9.17, 15) is 19.5 Å². The third-order valence-electron chi connectivity index (χ3n) is 3.02. The molecule has 0 aromatic carbocycles. The molecule has 2 atom stereocenters. The van der Waals surface area contributed by atoms with Crippen LogP contribution in [0, 0.1) is 11.8 Å². The zero-order valence-electron chi connectivity index (χ0n) is 11.9. The molecule has 0 bridgehead atoms. The number of hydrogen-bond donors (Lipinski definition) is 0. The molecule has 0 aromatic heterocycles. The van der Waals surface area contributed by atoms with Crippen molar-refractivity contribution >= 4 is 24.1 Å². The van der Waals surface area contributed by atoms with E-state index in [2.05, 4.69) is 4.99 Å². The molecule has 1 fully saturated rings. The Kier molecular flexibility index (Phi) is 4.86. The zero-order chi connectivity index (χ0) is 15.5. The van der Waals surface area contributed by atoms with Crippen LogP contribution < -0.4 is 5.11 Å². The predicted molar refractivity (Wildman–Crippen MR) is 66.5 cm³/mol. The largest absolute Gasteiger partial charge is 0.548 e. The van der Waals surface area contributed by atoms with Gasteiger partial charge in [0, 0.05) is 20.1 Å². The lowest BCUT2D eigenvalue weighted by Crippen LogP contribution is -2.47. The topological polar surface area (TPSA) is 105 Å². The minimum atomic E-state index is -1.35. The molecule has 0 amide bonds. The molecule has 1 aliphatic heterocycles. The van der Waals surface area contributed by atoms with Crippen LogP contribution in [0.5, 0.6) is 0 Å². The quantitative estimate of drug-likeness (QED) is 0.389. The summed E-state index contributed by atoms with van der Waals surface area (Å²) in [6.45, 7) is 6.36. The van der Waals surface area contributed by atoms with Crippen LogP contribution in [0.15, 0.2) is 4.99 Å². The average molecular weight is 284 g/mol. The number of aliphatic imine (C=N–C) groups is 1. The molecule has 1 rings (SSSR count). The molecule has 1 heterocycles. The number of hydrogen-bond acceptors (Lipinski definition) is 7. The standard InChI is InChI=1S/C13H19NO6/c1-5-7(2)9(10(15)16)14-6-8-11(17)19-13(3,4)20-12(8)18/h6-9H,5H2,1-4H3,(H,15,16)/p-1/t7-,9-/m1/s1. The van der Waals surface area contributed by atoms with Gasteiger partial charge < -0.3 is 19.4 Å². The Morgan fingerprint density at radius 2 is 1.90 bits per heavy atom. The molecule has 0 spiro atoms. The van der Waals surface area contributed by atoms with Crippen LogP contribution in [-0.2, 0) is 23.9 Å². The van der Waals surface area contributed by atoms with E-state index >= 15 is 0 Å². The van der Waals surface area contributed by atoms with Crippen molar-refractivity contribution in [2.75, 3.05) is 0 Å². The number of carboxylic acids is 1. The Morgan fingerprint density at radius 3 is 2.30 bits per heavy atom. The summed E-state index contributed by atoms with van der Waals surface area (Å²) < 4.78 is 9.80. The fraction of sp³-hybridized carbons (Fsp3) is 0.692. The fourth-order valence-electron chi connectivity index (χ4n) is 1.69. The van der Waals surface area contributed by atoms with Crippen LogP contribution in [0.1, 0.15) is 34.1 Å². The van der Waals surface area contributed by atoms with E-state index in [-0.39, 0.29) is 5.92 Å². The average Bonchev–Trinajstić information content (AvgIpc) is 2.30. The van der Waals surface area contributed by atoms with Crippen LogP contribution in [-0.4, -0.2) is 36.0 Å². The highest BCUT2D eigenvalue weighted by Crippen LogP contribution is 2.22. The van der Waals surface area contributed by atoms with Crippen LogP contribution in [0.4, 0.5) is 0 Å². The van der Waals surface area contributed by atoms with E-state index in [1.807, 2.05) is 6.92 Å². The first-order valence-electron chi connectivity index (χ1n) is 6.37. The fourth-order valence-corrected chi connectivity index (χ4v) is 1.69. The highest BCUT2D eigenvalue weighted by Gasteiger charge is 2.42.